The van der Waals surface area contributed by atoms with Crippen molar-refractivity contribution in [1.82, 2.24) is 10.3 Å². The van der Waals surface area contributed by atoms with Crippen LogP contribution in [0, 0.1) is 11.3 Å². The molecule has 0 radical (unpaired) electrons. The van der Waals surface area contributed by atoms with E-state index >= 15 is 0 Å². The smallest absolute Gasteiger partial charge is 0.341 e. The number of nitrogens with zero attached hydrogens (tertiary/aromatic N) is 3. The highest BCUT2D eigenvalue weighted by Gasteiger charge is 2.23. The van der Waals surface area contributed by atoms with Crippen molar-refractivity contribution in [3.8, 4) is 6.07 Å². The second-order valence-electron chi connectivity index (χ2n) is 5.29. The van der Waals surface area contributed by atoms with Crippen LogP contribution in [0.4, 0.5) is 5.69 Å². The Morgan fingerprint density at radius 3 is 2.91 bits per heavy atom. The molecular formula is C17H18N4O2. The zero-order valence-corrected chi connectivity index (χ0v) is 13.0. The van der Waals surface area contributed by atoms with Gasteiger partial charge in [-0.2, -0.15) is 5.26 Å². The molecular weight excluding hydrogens is 292 g/mol. The van der Waals surface area contributed by atoms with E-state index in [9.17, 15) is 10.1 Å². The van der Waals surface area contributed by atoms with Gasteiger partial charge in [0.25, 0.3) is 0 Å². The van der Waals surface area contributed by atoms with Crippen LogP contribution in [0.25, 0.3) is 10.9 Å². The number of para-hydroxylation sites is 1. The number of benzene rings is 1. The molecule has 1 aliphatic heterocycles. The molecule has 3 rings (SSSR count). The van der Waals surface area contributed by atoms with Crippen molar-refractivity contribution in [1.29, 1.82) is 5.26 Å². The molecule has 2 aromatic rings. The number of carbonyl (C=O) groups excluding carboxylic acids is 1. The van der Waals surface area contributed by atoms with E-state index in [0.29, 0.717) is 23.3 Å². The first kappa shape index (κ1) is 15.3. The Morgan fingerprint density at radius 2 is 2.22 bits per heavy atom. The summed E-state index contributed by atoms with van der Waals surface area (Å²) in [4.78, 5) is 18.8. The van der Waals surface area contributed by atoms with Crippen molar-refractivity contribution in [3.63, 3.8) is 0 Å². The SMILES string of the molecule is CCOC(=O)c1cnc2c(C#N)cccc2c1N1CCNCC1. The van der Waals surface area contributed by atoms with Crippen molar-refractivity contribution in [3.05, 3.63) is 35.5 Å². The van der Waals surface area contributed by atoms with Crippen molar-refractivity contribution in [2.24, 2.45) is 0 Å². The molecule has 0 saturated carbocycles. The highest BCUT2D eigenvalue weighted by molar-refractivity contribution is 6.06. The Morgan fingerprint density at radius 1 is 1.43 bits per heavy atom. The van der Waals surface area contributed by atoms with Gasteiger partial charge in [-0.1, -0.05) is 12.1 Å². The number of aromatic nitrogens is 1. The average molecular weight is 310 g/mol. The molecule has 1 fully saturated rings. The van der Waals surface area contributed by atoms with Gasteiger partial charge in [-0.15, -0.1) is 0 Å². The molecule has 2 heterocycles. The van der Waals surface area contributed by atoms with E-state index in [0.717, 1.165) is 37.3 Å². The maximum atomic E-state index is 12.3. The molecule has 0 aliphatic carbocycles. The van der Waals surface area contributed by atoms with E-state index in [1.807, 2.05) is 12.1 Å². The van der Waals surface area contributed by atoms with Crippen LogP contribution in [0.5, 0.6) is 0 Å². The summed E-state index contributed by atoms with van der Waals surface area (Å²) in [5.74, 6) is -0.377. The number of anilines is 1. The minimum Gasteiger partial charge on any atom is -0.462 e. The number of fused-ring (bicyclic) bond motifs is 1. The molecule has 1 N–H and O–H groups in total. The third-order valence-corrected chi connectivity index (χ3v) is 3.92. The van der Waals surface area contributed by atoms with Gasteiger partial charge < -0.3 is 15.0 Å². The minimum absolute atomic E-state index is 0.316. The van der Waals surface area contributed by atoms with E-state index in [4.69, 9.17) is 4.74 Å². The lowest BCUT2D eigenvalue weighted by Gasteiger charge is -2.31. The first-order valence-corrected chi connectivity index (χ1v) is 7.71. The molecule has 118 valence electrons. The Hall–Kier alpha value is -2.65. The fraction of sp³-hybridized carbons (Fsp3) is 0.353. The van der Waals surface area contributed by atoms with E-state index in [-0.39, 0.29) is 5.97 Å². The molecule has 6 heteroatoms. The molecule has 0 amide bonds. The fourth-order valence-corrected chi connectivity index (χ4v) is 2.89. The third kappa shape index (κ3) is 2.83. The number of nitrogens with one attached hydrogen (secondary N) is 1. The number of esters is 1. The molecule has 0 bridgehead atoms. The Labute approximate surface area is 134 Å². The monoisotopic (exact) mass is 310 g/mol. The predicted octanol–water partition coefficient (Wildman–Crippen LogP) is 1.69. The standard InChI is InChI=1S/C17H18N4O2/c1-2-23-17(22)14-11-20-15-12(10-18)4-3-5-13(15)16(14)21-8-6-19-7-9-21/h3-5,11,19H,2,6-9H2,1H3. The first-order chi connectivity index (χ1) is 11.3. The van der Waals surface area contributed by atoms with Crippen LogP contribution in [0.3, 0.4) is 0 Å². The van der Waals surface area contributed by atoms with Crippen LogP contribution < -0.4 is 10.2 Å². The van der Waals surface area contributed by atoms with Gasteiger partial charge >= 0.3 is 5.97 Å². The molecule has 0 spiro atoms. The number of hydrogen-bond acceptors (Lipinski definition) is 6. The molecule has 1 aromatic carbocycles. The highest BCUT2D eigenvalue weighted by Crippen LogP contribution is 2.31. The van der Waals surface area contributed by atoms with Crippen molar-refractivity contribution < 1.29 is 9.53 Å². The summed E-state index contributed by atoms with van der Waals surface area (Å²) in [6, 6.07) is 7.63. The number of nitriles is 1. The van der Waals surface area contributed by atoms with E-state index in [1.54, 1.807) is 13.0 Å². The van der Waals surface area contributed by atoms with Crippen LogP contribution in [-0.4, -0.2) is 43.7 Å². The first-order valence-electron chi connectivity index (χ1n) is 7.71. The number of hydrogen-bond donors (Lipinski definition) is 1. The van der Waals surface area contributed by atoms with Gasteiger partial charge in [-0.25, -0.2) is 4.79 Å². The van der Waals surface area contributed by atoms with Crippen LogP contribution in [0.15, 0.2) is 24.4 Å². The average Bonchev–Trinajstić information content (AvgIpc) is 2.61. The summed E-state index contributed by atoms with van der Waals surface area (Å²) in [5.41, 5.74) is 2.40. The molecule has 1 aliphatic rings. The van der Waals surface area contributed by atoms with Crippen molar-refractivity contribution in [2.75, 3.05) is 37.7 Å². The molecule has 1 aromatic heterocycles. The van der Waals surface area contributed by atoms with Gasteiger partial charge in [0.1, 0.15) is 11.6 Å². The summed E-state index contributed by atoms with van der Waals surface area (Å²) in [6.07, 6.45) is 1.53. The minimum atomic E-state index is -0.377. The van der Waals surface area contributed by atoms with Gasteiger partial charge in [0, 0.05) is 37.8 Å². The largest absolute Gasteiger partial charge is 0.462 e. The summed E-state index contributed by atoms with van der Waals surface area (Å²) in [6.45, 7) is 5.39. The second-order valence-corrected chi connectivity index (χ2v) is 5.29. The molecule has 0 atom stereocenters. The summed E-state index contributed by atoms with van der Waals surface area (Å²) >= 11 is 0. The van der Waals surface area contributed by atoms with Gasteiger partial charge in [0.15, 0.2) is 0 Å². The van der Waals surface area contributed by atoms with Crippen LogP contribution in [0.1, 0.15) is 22.8 Å². The lowest BCUT2D eigenvalue weighted by Crippen LogP contribution is -2.44. The fourth-order valence-electron chi connectivity index (χ4n) is 2.89. The van der Waals surface area contributed by atoms with E-state index < -0.39 is 0 Å². The molecule has 23 heavy (non-hydrogen) atoms. The lowest BCUT2D eigenvalue weighted by atomic mass is 10.0. The van der Waals surface area contributed by atoms with Gasteiger partial charge in [0.05, 0.1) is 23.4 Å². The lowest BCUT2D eigenvalue weighted by molar-refractivity contribution is 0.0526. The molecule has 1 saturated heterocycles. The highest BCUT2D eigenvalue weighted by atomic mass is 16.5. The summed E-state index contributed by atoms with van der Waals surface area (Å²) in [7, 11) is 0. The summed E-state index contributed by atoms with van der Waals surface area (Å²) < 4.78 is 5.18. The van der Waals surface area contributed by atoms with E-state index in [2.05, 4.69) is 21.3 Å². The predicted molar refractivity (Wildman–Crippen MR) is 87.5 cm³/mol. The van der Waals surface area contributed by atoms with Crippen molar-refractivity contribution >= 4 is 22.6 Å². The zero-order valence-electron chi connectivity index (χ0n) is 13.0. The van der Waals surface area contributed by atoms with Crippen LogP contribution >= 0.6 is 0 Å². The van der Waals surface area contributed by atoms with Gasteiger partial charge in [0.2, 0.25) is 0 Å². The summed E-state index contributed by atoms with van der Waals surface area (Å²) in [5, 5.41) is 13.4. The zero-order chi connectivity index (χ0) is 16.2. The van der Waals surface area contributed by atoms with Gasteiger partial charge in [-0.3, -0.25) is 4.98 Å². The van der Waals surface area contributed by atoms with Crippen LogP contribution in [-0.2, 0) is 4.74 Å². The molecule has 0 unspecified atom stereocenters. The molecule has 6 nitrogen and oxygen atoms in total. The number of rotatable bonds is 3. The Bertz CT molecular complexity index is 776. The third-order valence-electron chi connectivity index (χ3n) is 3.92. The van der Waals surface area contributed by atoms with E-state index in [1.165, 1.54) is 6.20 Å². The number of pyridine rings is 1. The normalized spacial score (nSPS) is 14.5. The maximum Gasteiger partial charge on any atom is 0.341 e. The number of carbonyl (C=O) groups is 1. The van der Waals surface area contributed by atoms with Gasteiger partial charge in [-0.05, 0) is 13.0 Å². The number of ether oxygens (including phenoxy) is 1. The van der Waals surface area contributed by atoms with Crippen LogP contribution in [0.2, 0.25) is 0 Å². The number of piperazine rings is 1. The Kier molecular flexibility index (Phi) is 4.40. The topological polar surface area (TPSA) is 78.2 Å². The quantitative estimate of drug-likeness (QED) is 0.869. The second kappa shape index (κ2) is 6.63. The maximum absolute atomic E-state index is 12.3. The van der Waals surface area contributed by atoms with Crippen molar-refractivity contribution in [2.45, 2.75) is 6.92 Å². The Balaban J connectivity index is 2.22.